The van der Waals surface area contributed by atoms with Crippen molar-refractivity contribution in [3.63, 3.8) is 0 Å². The van der Waals surface area contributed by atoms with Crippen molar-refractivity contribution in [3.8, 4) is 0 Å². The second-order valence-corrected chi connectivity index (χ2v) is 3.85. The normalized spacial score (nSPS) is 28.5. The fraction of sp³-hybridized carbons (Fsp3) is 0.900. The lowest BCUT2D eigenvalue weighted by molar-refractivity contribution is -0.120. The van der Waals surface area contributed by atoms with E-state index in [9.17, 15) is 4.79 Å². The van der Waals surface area contributed by atoms with Gasteiger partial charge in [0.05, 0.1) is 0 Å². The topological polar surface area (TPSA) is 41.1 Å². The SMILES string of the molecule is CCC(=O)NCC1CCCC(C)N1. The van der Waals surface area contributed by atoms with E-state index in [-0.39, 0.29) is 5.91 Å². The Morgan fingerprint density at radius 3 is 2.92 bits per heavy atom. The van der Waals surface area contributed by atoms with Crippen molar-refractivity contribution in [1.82, 2.24) is 10.6 Å². The molecule has 76 valence electrons. The van der Waals surface area contributed by atoms with Gasteiger partial charge in [0.15, 0.2) is 0 Å². The Labute approximate surface area is 80.3 Å². The second kappa shape index (κ2) is 5.22. The Morgan fingerprint density at radius 1 is 1.54 bits per heavy atom. The number of carbonyl (C=O) groups excluding carboxylic acids is 1. The lowest BCUT2D eigenvalue weighted by Gasteiger charge is -2.28. The van der Waals surface area contributed by atoms with E-state index in [1.54, 1.807) is 0 Å². The highest BCUT2D eigenvalue weighted by Gasteiger charge is 2.17. The first-order valence-electron chi connectivity index (χ1n) is 5.25. The molecule has 2 unspecified atom stereocenters. The highest BCUT2D eigenvalue weighted by atomic mass is 16.1. The van der Waals surface area contributed by atoms with E-state index in [1.165, 1.54) is 19.3 Å². The van der Waals surface area contributed by atoms with Crippen LogP contribution in [0.3, 0.4) is 0 Å². The maximum atomic E-state index is 11.0. The summed E-state index contributed by atoms with van der Waals surface area (Å²) < 4.78 is 0. The number of carbonyl (C=O) groups is 1. The molecule has 0 spiro atoms. The van der Waals surface area contributed by atoms with Crippen LogP contribution in [0, 0.1) is 0 Å². The first-order valence-corrected chi connectivity index (χ1v) is 5.25. The average Bonchev–Trinajstić information content (AvgIpc) is 2.14. The monoisotopic (exact) mass is 184 g/mol. The van der Waals surface area contributed by atoms with E-state index >= 15 is 0 Å². The van der Waals surface area contributed by atoms with E-state index < -0.39 is 0 Å². The smallest absolute Gasteiger partial charge is 0.219 e. The molecule has 1 fully saturated rings. The van der Waals surface area contributed by atoms with Crippen molar-refractivity contribution in [3.05, 3.63) is 0 Å². The lowest BCUT2D eigenvalue weighted by atomic mass is 10.00. The largest absolute Gasteiger partial charge is 0.355 e. The number of amides is 1. The Hall–Kier alpha value is -0.570. The van der Waals surface area contributed by atoms with Crippen LogP contribution in [0.5, 0.6) is 0 Å². The molecular weight excluding hydrogens is 164 g/mol. The van der Waals surface area contributed by atoms with Crippen LogP contribution in [0.4, 0.5) is 0 Å². The summed E-state index contributed by atoms with van der Waals surface area (Å²) in [6.45, 7) is 4.87. The molecule has 0 aromatic rings. The third-order valence-electron chi connectivity index (χ3n) is 2.58. The van der Waals surface area contributed by atoms with E-state index in [2.05, 4.69) is 17.6 Å². The maximum Gasteiger partial charge on any atom is 0.219 e. The molecule has 1 amide bonds. The van der Waals surface area contributed by atoms with Crippen LogP contribution in [-0.2, 0) is 4.79 Å². The number of hydrogen-bond acceptors (Lipinski definition) is 2. The van der Waals surface area contributed by atoms with Gasteiger partial charge in [-0.25, -0.2) is 0 Å². The first kappa shape index (κ1) is 10.5. The average molecular weight is 184 g/mol. The molecule has 0 aromatic carbocycles. The van der Waals surface area contributed by atoms with Gasteiger partial charge < -0.3 is 10.6 Å². The van der Waals surface area contributed by atoms with Gasteiger partial charge in [0.25, 0.3) is 0 Å². The minimum atomic E-state index is 0.153. The van der Waals surface area contributed by atoms with Crippen LogP contribution >= 0.6 is 0 Å². The fourth-order valence-corrected chi connectivity index (χ4v) is 1.76. The first-order chi connectivity index (χ1) is 6.22. The molecule has 1 saturated heterocycles. The summed E-state index contributed by atoms with van der Waals surface area (Å²) in [5.74, 6) is 0.153. The summed E-state index contributed by atoms with van der Waals surface area (Å²) in [6.07, 6.45) is 4.32. The van der Waals surface area contributed by atoms with Crippen molar-refractivity contribution in [2.75, 3.05) is 6.54 Å². The number of piperidine rings is 1. The van der Waals surface area contributed by atoms with Gasteiger partial charge in [0, 0.05) is 25.0 Å². The van der Waals surface area contributed by atoms with Crippen LogP contribution in [-0.4, -0.2) is 24.5 Å². The molecule has 13 heavy (non-hydrogen) atoms. The summed E-state index contributed by atoms with van der Waals surface area (Å²) in [6, 6.07) is 1.09. The van der Waals surface area contributed by atoms with Crippen LogP contribution in [0.15, 0.2) is 0 Å². The molecule has 3 nitrogen and oxygen atoms in total. The van der Waals surface area contributed by atoms with Crippen molar-refractivity contribution >= 4 is 5.91 Å². The molecule has 0 aromatic heterocycles. The molecule has 0 bridgehead atoms. The molecule has 1 rings (SSSR count). The predicted molar refractivity (Wildman–Crippen MR) is 53.5 cm³/mol. The fourth-order valence-electron chi connectivity index (χ4n) is 1.76. The van der Waals surface area contributed by atoms with Crippen molar-refractivity contribution in [1.29, 1.82) is 0 Å². The molecule has 0 radical (unpaired) electrons. The van der Waals surface area contributed by atoms with Gasteiger partial charge in [-0.05, 0) is 19.8 Å². The number of rotatable bonds is 3. The predicted octanol–water partition coefficient (Wildman–Crippen LogP) is 1.04. The zero-order valence-corrected chi connectivity index (χ0v) is 8.60. The number of nitrogens with one attached hydrogen (secondary N) is 2. The van der Waals surface area contributed by atoms with Gasteiger partial charge in [-0.15, -0.1) is 0 Å². The summed E-state index contributed by atoms with van der Waals surface area (Å²) >= 11 is 0. The van der Waals surface area contributed by atoms with E-state index in [4.69, 9.17) is 0 Å². The quantitative estimate of drug-likeness (QED) is 0.688. The van der Waals surface area contributed by atoms with Crippen LogP contribution < -0.4 is 10.6 Å². The van der Waals surface area contributed by atoms with Crippen LogP contribution in [0.25, 0.3) is 0 Å². The molecule has 1 aliphatic heterocycles. The zero-order chi connectivity index (χ0) is 9.68. The van der Waals surface area contributed by atoms with Gasteiger partial charge in [0.1, 0.15) is 0 Å². The molecule has 0 aliphatic carbocycles. The molecule has 1 heterocycles. The second-order valence-electron chi connectivity index (χ2n) is 3.85. The minimum absolute atomic E-state index is 0.153. The van der Waals surface area contributed by atoms with E-state index in [0.29, 0.717) is 18.5 Å². The Kier molecular flexibility index (Phi) is 4.22. The van der Waals surface area contributed by atoms with Gasteiger partial charge in [-0.1, -0.05) is 13.3 Å². The van der Waals surface area contributed by atoms with Gasteiger partial charge in [-0.3, -0.25) is 4.79 Å². The van der Waals surface area contributed by atoms with E-state index in [1.807, 2.05) is 6.92 Å². The summed E-state index contributed by atoms with van der Waals surface area (Å²) in [7, 11) is 0. The standard InChI is InChI=1S/C10H20N2O/c1-3-10(13)11-7-9-6-4-5-8(2)12-9/h8-9,12H,3-7H2,1-2H3,(H,11,13). The minimum Gasteiger partial charge on any atom is -0.355 e. The molecule has 1 aliphatic rings. The summed E-state index contributed by atoms with van der Waals surface area (Å²) in [4.78, 5) is 11.0. The van der Waals surface area contributed by atoms with Crippen LogP contribution in [0.1, 0.15) is 39.5 Å². The van der Waals surface area contributed by atoms with Gasteiger partial charge in [0.2, 0.25) is 5.91 Å². The Balaban J connectivity index is 2.17. The Morgan fingerprint density at radius 2 is 2.31 bits per heavy atom. The molecular formula is C10H20N2O. The van der Waals surface area contributed by atoms with Crippen molar-refractivity contribution in [2.45, 2.75) is 51.6 Å². The zero-order valence-electron chi connectivity index (χ0n) is 8.60. The van der Waals surface area contributed by atoms with E-state index in [0.717, 1.165) is 6.54 Å². The third-order valence-corrected chi connectivity index (χ3v) is 2.58. The maximum absolute atomic E-state index is 11.0. The van der Waals surface area contributed by atoms with Crippen molar-refractivity contribution in [2.24, 2.45) is 0 Å². The highest BCUT2D eigenvalue weighted by molar-refractivity contribution is 5.75. The summed E-state index contributed by atoms with van der Waals surface area (Å²) in [5, 5.41) is 6.40. The van der Waals surface area contributed by atoms with Gasteiger partial charge in [-0.2, -0.15) is 0 Å². The van der Waals surface area contributed by atoms with Crippen LogP contribution in [0.2, 0.25) is 0 Å². The summed E-state index contributed by atoms with van der Waals surface area (Å²) in [5.41, 5.74) is 0. The molecule has 2 N–H and O–H groups in total. The third kappa shape index (κ3) is 3.77. The van der Waals surface area contributed by atoms with Crippen molar-refractivity contribution < 1.29 is 4.79 Å². The molecule has 3 heteroatoms. The molecule has 2 atom stereocenters. The Bertz CT molecular complexity index is 170. The lowest BCUT2D eigenvalue weighted by Crippen LogP contribution is -2.47. The molecule has 0 saturated carbocycles. The highest BCUT2D eigenvalue weighted by Crippen LogP contribution is 2.11. The number of hydrogen-bond donors (Lipinski definition) is 2. The van der Waals surface area contributed by atoms with Gasteiger partial charge >= 0.3 is 0 Å².